The van der Waals surface area contributed by atoms with Gasteiger partial charge in [0.15, 0.2) is 0 Å². The molecule has 0 aromatic heterocycles. The molecule has 0 N–H and O–H groups in total. The Labute approximate surface area is 68.0 Å². The lowest BCUT2D eigenvalue weighted by Gasteiger charge is -2.09. The molecule has 0 saturated carbocycles. The smallest absolute Gasteiger partial charge is 0.134 e. The van der Waals surface area contributed by atoms with Crippen LogP contribution >= 0.6 is 12.4 Å². The largest absolute Gasteiger partial charge is 0.306 e. The number of hydrogen-bond donors (Lipinski definition) is 0. The zero-order valence-electron chi connectivity index (χ0n) is 6.30. The third-order valence-corrected chi connectivity index (χ3v) is 1.77. The number of ketones is 1. The Morgan fingerprint density at radius 3 is 2.70 bits per heavy atom. The topological polar surface area (TPSA) is 20.3 Å². The lowest BCUT2D eigenvalue weighted by molar-refractivity contribution is -0.118. The van der Waals surface area contributed by atoms with Gasteiger partial charge in [0.25, 0.3) is 0 Å². The van der Waals surface area contributed by atoms with E-state index < -0.39 is 0 Å². The molecule has 1 aliphatic rings. The van der Waals surface area contributed by atoms with Crippen LogP contribution in [0.1, 0.15) is 19.3 Å². The second-order valence-electron chi connectivity index (χ2n) is 2.70. The Morgan fingerprint density at radius 1 is 1.30 bits per heavy atom. The first kappa shape index (κ1) is 9.92. The second-order valence-corrected chi connectivity index (χ2v) is 2.70. The average Bonchev–Trinajstić information content (AvgIpc) is 1.97. The number of Topliss-reactive ketones (excluding diaryl/α,β-unsaturated/α-hetero) is 1. The molecule has 0 radical (unpaired) electrons. The van der Waals surface area contributed by atoms with E-state index in [1.165, 1.54) is 0 Å². The van der Waals surface area contributed by atoms with E-state index in [0.717, 1.165) is 32.4 Å². The number of carbonyl (C=O) groups is 1. The van der Waals surface area contributed by atoms with Crippen molar-refractivity contribution in [3.8, 4) is 0 Å². The monoisotopic (exact) mass is 163 g/mol. The van der Waals surface area contributed by atoms with Gasteiger partial charge in [-0.15, -0.1) is 12.4 Å². The summed E-state index contributed by atoms with van der Waals surface area (Å²) in [7, 11) is 2.07. The standard InChI is InChI=1S/C7H13NO.ClH/c1-8-5-2-3-7(9)4-6-8;/h2-6H2,1H3;1H. The lowest BCUT2D eigenvalue weighted by Crippen LogP contribution is -2.18. The van der Waals surface area contributed by atoms with E-state index in [1.807, 2.05) is 0 Å². The summed E-state index contributed by atoms with van der Waals surface area (Å²) in [5.41, 5.74) is 0. The Morgan fingerprint density at radius 2 is 2.00 bits per heavy atom. The number of rotatable bonds is 0. The molecule has 0 atom stereocenters. The number of halogens is 1. The van der Waals surface area contributed by atoms with Gasteiger partial charge in [0.05, 0.1) is 0 Å². The summed E-state index contributed by atoms with van der Waals surface area (Å²) in [6.07, 6.45) is 2.61. The fraction of sp³-hybridized carbons (Fsp3) is 0.857. The summed E-state index contributed by atoms with van der Waals surface area (Å²) in [6.45, 7) is 2.05. The molecule has 1 rings (SSSR count). The fourth-order valence-electron chi connectivity index (χ4n) is 1.10. The summed E-state index contributed by atoms with van der Waals surface area (Å²) in [5.74, 6) is 0.430. The van der Waals surface area contributed by atoms with Gasteiger partial charge in [0, 0.05) is 19.4 Å². The molecule has 0 unspecified atom stereocenters. The molecule has 0 spiro atoms. The van der Waals surface area contributed by atoms with E-state index in [-0.39, 0.29) is 12.4 Å². The highest BCUT2D eigenvalue weighted by Crippen LogP contribution is 2.03. The number of likely N-dealkylation sites (tertiary alicyclic amines) is 1. The summed E-state index contributed by atoms with van der Waals surface area (Å²) in [6, 6.07) is 0. The number of hydrogen-bond acceptors (Lipinski definition) is 2. The zero-order chi connectivity index (χ0) is 6.69. The van der Waals surface area contributed by atoms with Gasteiger partial charge in [0.2, 0.25) is 0 Å². The van der Waals surface area contributed by atoms with Crippen LogP contribution in [0, 0.1) is 0 Å². The van der Waals surface area contributed by atoms with Gasteiger partial charge in [-0.2, -0.15) is 0 Å². The molecule has 0 aliphatic carbocycles. The predicted molar refractivity (Wildman–Crippen MR) is 43.6 cm³/mol. The molecular formula is C7H14ClNO. The molecule has 0 bridgehead atoms. The minimum absolute atomic E-state index is 0. The highest BCUT2D eigenvalue weighted by atomic mass is 35.5. The van der Waals surface area contributed by atoms with Crippen molar-refractivity contribution in [2.45, 2.75) is 19.3 Å². The highest BCUT2D eigenvalue weighted by Gasteiger charge is 2.09. The Kier molecular flexibility index (Phi) is 4.65. The van der Waals surface area contributed by atoms with Crippen molar-refractivity contribution >= 4 is 18.2 Å². The van der Waals surface area contributed by atoms with Crippen LogP contribution in [-0.2, 0) is 4.79 Å². The van der Waals surface area contributed by atoms with Crippen LogP contribution < -0.4 is 0 Å². The third kappa shape index (κ3) is 3.18. The minimum atomic E-state index is 0. The number of nitrogens with zero attached hydrogens (tertiary/aromatic N) is 1. The predicted octanol–water partition coefficient (Wildman–Crippen LogP) is 1.09. The maximum atomic E-state index is 10.8. The molecule has 2 nitrogen and oxygen atoms in total. The lowest BCUT2D eigenvalue weighted by atomic mass is 10.2. The molecule has 0 aromatic carbocycles. The molecule has 60 valence electrons. The molecule has 10 heavy (non-hydrogen) atoms. The van der Waals surface area contributed by atoms with Crippen LogP contribution in [0.2, 0.25) is 0 Å². The van der Waals surface area contributed by atoms with Gasteiger partial charge in [-0.25, -0.2) is 0 Å². The molecular weight excluding hydrogens is 150 g/mol. The van der Waals surface area contributed by atoms with E-state index in [0.29, 0.717) is 5.78 Å². The summed E-state index contributed by atoms with van der Waals surface area (Å²) in [4.78, 5) is 13.0. The van der Waals surface area contributed by atoms with E-state index in [1.54, 1.807) is 0 Å². The van der Waals surface area contributed by atoms with Crippen LogP contribution in [0.3, 0.4) is 0 Å². The van der Waals surface area contributed by atoms with E-state index in [4.69, 9.17) is 0 Å². The molecule has 0 aromatic rings. The van der Waals surface area contributed by atoms with Crippen molar-refractivity contribution < 1.29 is 4.79 Å². The van der Waals surface area contributed by atoms with Crippen LogP contribution in [0.15, 0.2) is 0 Å². The molecule has 3 heteroatoms. The molecule has 1 saturated heterocycles. The maximum Gasteiger partial charge on any atom is 0.134 e. The van der Waals surface area contributed by atoms with E-state index in [9.17, 15) is 4.79 Å². The first-order valence-corrected chi connectivity index (χ1v) is 3.49. The fourth-order valence-corrected chi connectivity index (χ4v) is 1.10. The van der Waals surface area contributed by atoms with Crippen molar-refractivity contribution in [3.05, 3.63) is 0 Å². The van der Waals surface area contributed by atoms with Gasteiger partial charge in [-0.1, -0.05) is 0 Å². The SMILES string of the molecule is CN1CCCC(=O)CC1.Cl. The van der Waals surface area contributed by atoms with Gasteiger partial charge < -0.3 is 4.90 Å². The second kappa shape index (κ2) is 4.69. The van der Waals surface area contributed by atoms with Crippen LogP contribution in [0.25, 0.3) is 0 Å². The van der Waals surface area contributed by atoms with Gasteiger partial charge >= 0.3 is 0 Å². The molecule has 0 amide bonds. The van der Waals surface area contributed by atoms with Crippen molar-refractivity contribution in [2.24, 2.45) is 0 Å². The van der Waals surface area contributed by atoms with Crippen LogP contribution in [0.4, 0.5) is 0 Å². The maximum absolute atomic E-state index is 10.8. The Balaban J connectivity index is 0.000000810. The summed E-state index contributed by atoms with van der Waals surface area (Å²) in [5, 5.41) is 0. The normalized spacial score (nSPS) is 21.5. The van der Waals surface area contributed by atoms with E-state index >= 15 is 0 Å². The summed E-state index contributed by atoms with van der Waals surface area (Å²) < 4.78 is 0. The summed E-state index contributed by atoms with van der Waals surface area (Å²) >= 11 is 0. The first-order chi connectivity index (χ1) is 4.29. The van der Waals surface area contributed by atoms with Crippen molar-refractivity contribution in [2.75, 3.05) is 20.1 Å². The Hall–Kier alpha value is -0.0800. The molecule has 1 fully saturated rings. The quantitative estimate of drug-likeness (QED) is 0.533. The van der Waals surface area contributed by atoms with E-state index in [2.05, 4.69) is 11.9 Å². The first-order valence-electron chi connectivity index (χ1n) is 3.49. The molecule has 1 heterocycles. The van der Waals surface area contributed by atoms with Gasteiger partial charge in [0.1, 0.15) is 5.78 Å². The van der Waals surface area contributed by atoms with Gasteiger partial charge in [-0.05, 0) is 20.0 Å². The van der Waals surface area contributed by atoms with Crippen LogP contribution in [-0.4, -0.2) is 30.8 Å². The van der Waals surface area contributed by atoms with Crippen molar-refractivity contribution in [1.82, 2.24) is 4.90 Å². The van der Waals surface area contributed by atoms with Crippen molar-refractivity contribution in [1.29, 1.82) is 0 Å². The molecule has 1 aliphatic heterocycles. The minimum Gasteiger partial charge on any atom is -0.306 e. The zero-order valence-corrected chi connectivity index (χ0v) is 7.12. The number of carbonyl (C=O) groups excluding carboxylic acids is 1. The third-order valence-electron chi connectivity index (χ3n) is 1.77. The van der Waals surface area contributed by atoms with Gasteiger partial charge in [-0.3, -0.25) is 4.79 Å². The van der Waals surface area contributed by atoms with Crippen molar-refractivity contribution in [3.63, 3.8) is 0 Å². The highest BCUT2D eigenvalue weighted by molar-refractivity contribution is 5.85. The Bertz CT molecular complexity index is 116. The van der Waals surface area contributed by atoms with Crippen LogP contribution in [0.5, 0.6) is 0 Å². The average molecular weight is 164 g/mol.